The van der Waals surface area contributed by atoms with Crippen LogP contribution in [-0.2, 0) is 4.79 Å². The second kappa shape index (κ2) is 5.02. The molecule has 0 saturated heterocycles. The van der Waals surface area contributed by atoms with Crippen LogP contribution in [0, 0.1) is 5.21 Å². The molecule has 0 heterocycles. The summed E-state index contributed by atoms with van der Waals surface area (Å²) in [5.74, 6) is -0.0524. The Labute approximate surface area is 103 Å². The van der Waals surface area contributed by atoms with Gasteiger partial charge in [-0.15, -0.1) is 0 Å². The van der Waals surface area contributed by atoms with Gasteiger partial charge in [0.15, 0.2) is 5.78 Å². The highest BCUT2D eigenvalue weighted by Crippen LogP contribution is 2.06. The summed E-state index contributed by atoms with van der Waals surface area (Å²) in [6.45, 7) is 0. The van der Waals surface area contributed by atoms with Crippen molar-refractivity contribution in [2.75, 3.05) is 0 Å². The predicted octanol–water partition coefficient (Wildman–Crippen LogP) is 1.75. The van der Waals surface area contributed by atoms with Gasteiger partial charge in [-0.1, -0.05) is 11.5 Å². The van der Waals surface area contributed by atoms with Crippen LogP contribution in [0.4, 0.5) is 0 Å². The molecule has 18 heavy (non-hydrogen) atoms. The van der Waals surface area contributed by atoms with Gasteiger partial charge < -0.3 is 5.21 Å². The zero-order valence-corrected chi connectivity index (χ0v) is 9.33. The molecule has 2 aliphatic carbocycles. The minimum atomic E-state index is -0.204. The van der Waals surface area contributed by atoms with E-state index in [9.17, 15) is 10.0 Å². The summed E-state index contributed by atoms with van der Waals surface area (Å²) >= 11 is 0. The van der Waals surface area contributed by atoms with Gasteiger partial charge in [-0.2, -0.15) is 0 Å². The molecule has 4 nitrogen and oxygen atoms in total. The second-order valence-electron chi connectivity index (χ2n) is 3.59. The third-order valence-corrected chi connectivity index (χ3v) is 2.29. The highest BCUT2D eigenvalue weighted by molar-refractivity contribution is 6.02. The smallest absolute Gasteiger partial charge is 0.267 e. The minimum Gasteiger partial charge on any atom is -0.417 e. The van der Waals surface area contributed by atoms with Crippen molar-refractivity contribution in [2.45, 2.75) is 0 Å². The van der Waals surface area contributed by atoms with Crippen LogP contribution in [0.25, 0.3) is 0 Å². The fourth-order valence-corrected chi connectivity index (χ4v) is 1.35. The maximum absolute atomic E-state index is 10.9. The summed E-state index contributed by atoms with van der Waals surface area (Å²) in [6, 6.07) is 0. The Hall–Kier alpha value is -2.80. The molecule has 4 heteroatoms. The zero-order chi connectivity index (χ0) is 13.0. The lowest BCUT2D eigenvalue weighted by Crippen LogP contribution is -2.08. The van der Waals surface area contributed by atoms with Gasteiger partial charge in [0.2, 0.25) is 0 Å². The quantitative estimate of drug-likeness (QED) is 0.303. The van der Waals surface area contributed by atoms with Crippen LogP contribution in [0.5, 0.6) is 0 Å². The molecule has 88 valence electrons. The van der Waals surface area contributed by atoms with Gasteiger partial charge in [-0.05, 0) is 36.5 Å². The number of hydrogen-bond acceptors (Lipinski definition) is 3. The Morgan fingerprint density at radius 1 is 0.889 bits per heavy atom. The molecule has 0 bridgehead atoms. The minimum absolute atomic E-state index is 0.0524. The van der Waals surface area contributed by atoms with Gasteiger partial charge >= 0.3 is 0 Å². The van der Waals surface area contributed by atoms with E-state index in [0.717, 1.165) is 5.57 Å². The average Bonchev–Trinajstić information content (AvgIpc) is 2.38. The van der Waals surface area contributed by atoms with Crippen molar-refractivity contribution in [3.8, 4) is 0 Å². The van der Waals surface area contributed by atoms with E-state index < -0.39 is 0 Å². The summed E-state index contributed by atoms with van der Waals surface area (Å²) in [5, 5.41) is 19.2. The topological polar surface area (TPSA) is 63.4 Å². The van der Waals surface area contributed by atoms with Crippen LogP contribution in [0.1, 0.15) is 0 Å². The predicted molar refractivity (Wildman–Crippen MR) is 66.0 cm³/mol. The monoisotopic (exact) mass is 239 g/mol. The van der Waals surface area contributed by atoms with Crippen molar-refractivity contribution in [1.29, 1.82) is 0 Å². The van der Waals surface area contributed by atoms with Gasteiger partial charge in [0.25, 0.3) is 5.71 Å². The Kier molecular flexibility index (Phi) is 3.26. The van der Waals surface area contributed by atoms with Crippen molar-refractivity contribution >= 4 is 11.5 Å². The molecule has 0 atom stereocenters. The first-order valence-electron chi connectivity index (χ1n) is 5.20. The molecule has 2 rings (SSSR count). The van der Waals surface area contributed by atoms with Gasteiger partial charge in [0.1, 0.15) is 0 Å². The number of rotatable bonds is 0. The standard InChI is InChI=1S/C14H9NO3/c16-14-9-5-12(6-10-14)2-1-11-3-7-13(8-4-11)15(17)18/h3-10H,(H,17,18). The lowest BCUT2D eigenvalue weighted by molar-refractivity contribution is -0.725. The Morgan fingerprint density at radius 3 is 1.78 bits per heavy atom. The highest BCUT2D eigenvalue weighted by atomic mass is 16.8. The Bertz CT molecular complexity index is 605. The summed E-state index contributed by atoms with van der Waals surface area (Å²) in [7, 11) is 0. The van der Waals surface area contributed by atoms with Crippen LogP contribution in [0.2, 0.25) is 0 Å². The summed E-state index contributed by atoms with van der Waals surface area (Å²) < 4.78 is 0. The number of allylic oxidation sites excluding steroid dienone is 10. The molecule has 0 fully saturated rings. The van der Waals surface area contributed by atoms with E-state index in [-0.39, 0.29) is 16.4 Å². The molecular formula is C14H9NO3. The average molecular weight is 239 g/mol. The van der Waals surface area contributed by atoms with E-state index in [1.807, 2.05) is 0 Å². The number of ketones is 1. The molecule has 0 aromatic heterocycles. The van der Waals surface area contributed by atoms with Gasteiger partial charge in [-0.25, -0.2) is 0 Å². The van der Waals surface area contributed by atoms with Crippen LogP contribution in [-0.4, -0.2) is 21.6 Å². The van der Waals surface area contributed by atoms with E-state index in [1.54, 1.807) is 24.3 Å². The largest absolute Gasteiger partial charge is 0.417 e. The van der Waals surface area contributed by atoms with Crippen molar-refractivity contribution in [2.24, 2.45) is 0 Å². The van der Waals surface area contributed by atoms with E-state index in [2.05, 4.69) is 11.5 Å². The first-order valence-corrected chi connectivity index (χ1v) is 5.20. The van der Waals surface area contributed by atoms with Gasteiger partial charge in [0, 0.05) is 28.2 Å². The lowest BCUT2D eigenvalue weighted by atomic mass is 10.1. The molecule has 0 amide bonds. The third-order valence-electron chi connectivity index (χ3n) is 2.29. The van der Waals surface area contributed by atoms with Gasteiger partial charge in [-0.3, -0.25) is 10.0 Å². The number of nitrogens with zero attached hydrogens (tertiary/aromatic N) is 1. The maximum Gasteiger partial charge on any atom is 0.267 e. The van der Waals surface area contributed by atoms with Crippen LogP contribution >= 0.6 is 0 Å². The molecule has 0 aliphatic heterocycles. The van der Waals surface area contributed by atoms with E-state index in [1.165, 1.54) is 24.3 Å². The van der Waals surface area contributed by atoms with Crippen molar-refractivity contribution in [1.82, 2.24) is 0 Å². The van der Waals surface area contributed by atoms with Crippen LogP contribution < -0.4 is 0 Å². The van der Waals surface area contributed by atoms with Crippen LogP contribution in [0.3, 0.4) is 0 Å². The summed E-state index contributed by atoms with van der Waals surface area (Å²) in [5.41, 5.74) is 7.39. The SMILES string of the molecule is O=C1C=CC(=C=C=C2C=CC(=[N+]([O-])O)C=C2)C=C1. The fourth-order valence-electron chi connectivity index (χ4n) is 1.35. The van der Waals surface area contributed by atoms with Crippen molar-refractivity contribution in [3.05, 3.63) is 76.4 Å². The van der Waals surface area contributed by atoms with Crippen molar-refractivity contribution < 1.29 is 14.9 Å². The van der Waals surface area contributed by atoms with E-state index in [0.29, 0.717) is 5.57 Å². The molecule has 0 aromatic rings. The molecule has 0 unspecified atom stereocenters. The van der Waals surface area contributed by atoms with Gasteiger partial charge in [0.05, 0.1) is 0 Å². The van der Waals surface area contributed by atoms with E-state index >= 15 is 0 Å². The second-order valence-corrected chi connectivity index (χ2v) is 3.59. The first-order chi connectivity index (χ1) is 8.65. The molecule has 1 N–H and O–H groups in total. The molecular weight excluding hydrogens is 230 g/mol. The number of hydrogen-bond donors (Lipinski definition) is 1. The molecule has 0 saturated carbocycles. The van der Waals surface area contributed by atoms with Crippen LogP contribution in [0.15, 0.2) is 71.2 Å². The highest BCUT2D eigenvalue weighted by Gasteiger charge is 2.05. The van der Waals surface area contributed by atoms with Crippen molar-refractivity contribution in [3.63, 3.8) is 0 Å². The molecule has 0 aromatic carbocycles. The molecule has 0 radical (unpaired) electrons. The third kappa shape index (κ3) is 2.86. The molecule has 0 spiro atoms. The fraction of sp³-hybridized carbons (Fsp3) is 0. The van der Waals surface area contributed by atoms with E-state index in [4.69, 9.17) is 5.21 Å². The zero-order valence-electron chi connectivity index (χ0n) is 9.33. The maximum atomic E-state index is 10.9. The normalized spacial score (nSPS) is 16.9. The first kappa shape index (κ1) is 11.7. The Morgan fingerprint density at radius 2 is 1.33 bits per heavy atom. The summed E-state index contributed by atoms with van der Waals surface area (Å²) in [6.07, 6.45) is 12.4. The summed E-state index contributed by atoms with van der Waals surface area (Å²) in [4.78, 5) is 10.7. The number of carbonyl (C=O) groups excluding carboxylic acids is 1. The Balaban J connectivity index is 2.30. The molecule has 2 aliphatic rings. The lowest BCUT2D eigenvalue weighted by Gasteiger charge is -1.96. The number of carbonyl (C=O) groups is 1.